The zero-order valence-electron chi connectivity index (χ0n) is 7.59. The molecule has 0 aromatic rings. The lowest BCUT2D eigenvalue weighted by molar-refractivity contribution is -0.139. The number of carbonyl (C=O) groups is 2. The van der Waals surface area contributed by atoms with Gasteiger partial charge in [0.1, 0.15) is 0 Å². The highest BCUT2D eigenvalue weighted by Gasteiger charge is 2.40. The molecule has 1 rings (SSSR count). The molecule has 0 aromatic carbocycles. The summed E-state index contributed by atoms with van der Waals surface area (Å²) in [6.45, 7) is 4.04. The predicted molar refractivity (Wildman–Crippen MR) is 50.8 cm³/mol. The Kier molecular flexibility index (Phi) is 2.82. The van der Waals surface area contributed by atoms with Crippen molar-refractivity contribution in [2.75, 3.05) is 5.75 Å². The first kappa shape index (κ1) is 10.3. The summed E-state index contributed by atoms with van der Waals surface area (Å²) in [4.78, 5) is 21.8. The number of nitrogens with two attached hydrogens (primary N) is 1. The molecule has 0 aromatic heterocycles. The quantitative estimate of drug-likeness (QED) is 0.220. The van der Waals surface area contributed by atoms with E-state index < -0.39 is 11.8 Å². The molecule has 6 heteroatoms. The molecule has 1 atom stereocenters. The summed E-state index contributed by atoms with van der Waals surface area (Å²) in [7, 11) is 0. The van der Waals surface area contributed by atoms with Gasteiger partial charge in [-0.15, -0.1) is 0 Å². The van der Waals surface area contributed by atoms with Crippen LogP contribution in [0.15, 0.2) is 0 Å². The van der Waals surface area contributed by atoms with Crippen molar-refractivity contribution in [3.8, 4) is 0 Å². The molecule has 1 aliphatic heterocycles. The molecule has 0 radical (unpaired) electrons. The third kappa shape index (κ3) is 2.13. The summed E-state index contributed by atoms with van der Waals surface area (Å²) in [5.41, 5.74) is 1.79. The van der Waals surface area contributed by atoms with Crippen LogP contribution in [0.1, 0.15) is 13.8 Å². The van der Waals surface area contributed by atoms with Crippen LogP contribution in [0, 0.1) is 0 Å². The van der Waals surface area contributed by atoms with Gasteiger partial charge in [-0.1, -0.05) is 0 Å². The molecule has 1 heterocycles. The topological polar surface area (TPSA) is 84.2 Å². The van der Waals surface area contributed by atoms with E-state index >= 15 is 0 Å². The van der Waals surface area contributed by atoms with Crippen molar-refractivity contribution in [3.63, 3.8) is 0 Å². The number of carbonyl (C=O) groups excluding carboxylic acids is 2. The Labute approximate surface area is 80.8 Å². The van der Waals surface area contributed by atoms with Gasteiger partial charge in [-0.3, -0.25) is 15.0 Å². The second-order valence-corrected chi connectivity index (χ2v) is 5.09. The van der Waals surface area contributed by atoms with Gasteiger partial charge in [0.25, 0.3) is 0 Å². The van der Waals surface area contributed by atoms with Crippen LogP contribution in [-0.2, 0) is 9.59 Å². The Hall–Kier alpha value is -0.750. The molecule has 4 N–H and O–H groups in total. The third-order valence-electron chi connectivity index (χ3n) is 2.10. The van der Waals surface area contributed by atoms with Crippen LogP contribution in [0.3, 0.4) is 0 Å². The van der Waals surface area contributed by atoms with Crippen LogP contribution >= 0.6 is 11.8 Å². The molecule has 1 aliphatic rings. The maximum atomic E-state index is 11.1. The average molecular weight is 203 g/mol. The maximum absolute atomic E-state index is 11.1. The number of hydrogen-bond donors (Lipinski definition) is 3. The molecule has 1 saturated heterocycles. The standard InChI is InChI=1S/C7H13N3O2S/c1-7(2)4(3-13-7)9-5(11)6(12)10-8/h4H,3,8H2,1-2H3,(H,9,11)(H,10,12). The highest BCUT2D eigenvalue weighted by Crippen LogP contribution is 2.39. The second kappa shape index (κ2) is 3.55. The van der Waals surface area contributed by atoms with Crippen LogP contribution in [0.25, 0.3) is 0 Å². The molecule has 5 nitrogen and oxygen atoms in total. The maximum Gasteiger partial charge on any atom is 0.323 e. The monoisotopic (exact) mass is 203 g/mol. The Morgan fingerprint density at radius 2 is 2.08 bits per heavy atom. The highest BCUT2D eigenvalue weighted by atomic mass is 32.2. The van der Waals surface area contributed by atoms with E-state index in [9.17, 15) is 9.59 Å². The van der Waals surface area contributed by atoms with Gasteiger partial charge in [0.05, 0.1) is 6.04 Å². The number of amides is 2. The minimum absolute atomic E-state index is 0.0184. The molecule has 1 unspecified atom stereocenters. The smallest absolute Gasteiger partial charge is 0.323 e. The molecular weight excluding hydrogens is 190 g/mol. The van der Waals surface area contributed by atoms with E-state index in [-0.39, 0.29) is 10.8 Å². The van der Waals surface area contributed by atoms with Gasteiger partial charge in [0.2, 0.25) is 0 Å². The predicted octanol–water partition coefficient (Wildman–Crippen LogP) is -1.01. The van der Waals surface area contributed by atoms with Gasteiger partial charge in [0.15, 0.2) is 0 Å². The van der Waals surface area contributed by atoms with Gasteiger partial charge >= 0.3 is 11.8 Å². The molecule has 74 valence electrons. The summed E-state index contributed by atoms with van der Waals surface area (Å²) < 4.78 is 0.0184. The fourth-order valence-corrected chi connectivity index (χ4v) is 2.15. The molecule has 0 bridgehead atoms. The van der Waals surface area contributed by atoms with Crippen LogP contribution in [0.2, 0.25) is 0 Å². The van der Waals surface area contributed by atoms with Crippen molar-refractivity contribution in [1.29, 1.82) is 0 Å². The van der Waals surface area contributed by atoms with Crippen molar-refractivity contribution in [2.45, 2.75) is 24.6 Å². The van der Waals surface area contributed by atoms with E-state index in [1.165, 1.54) is 0 Å². The van der Waals surface area contributed by atoms with Crippen LogP contribution in [0.4, 0.5) is 0 Å². The minimum atomic E-state index is -0.798. The van der Waals surface area contributed by atoms with Crippen molar-refractivity contribution in [3.05, 3.63) is 0 Å². The zero-order chi connectivity index (χ0) is 10.1. The fourth-order valence-electron chi connectivity index (χ4n) is 1.00. The van der Waals surface area contributed by atoms with E-state index in [1.807, 2.05) is 13.8 Å². The average Bonchev–Trinajstić information content (AvgIpc) is 2.10. The van der Waals surface area contributed by atoms with E-state index in [4.69, 9.17) is 5.84 Å². The lowest BCUT2D eigenvalue weighted by Crippen LogP contribution is -2.59. The SMILES string of the molecule is CC1(C)SCC1NC(=O)C(=O)NN. The number of thioether (sulfide) groups is 1. The van der Waals surface area contributed by atoms with Gasteiger partial charge in [-0.2, -0.15) is 11.8 Å². The Bertz CT molecular complexity index is 242. The van der Waals surface area contributed by atoms with E-state index in [0.29, 0.717) is 0 Å². The second-order valence-electron chi connectivity index (χ2n) is 3.41. The van der Waals surface area contributed by atoms with Crippen molar-refractivity contribution >= 4 is 23.6 Å². The van der Waals surface area contributed by atoms with Crippen molar-refractivity contribution in [2.24, 2.45) is 5.84 Å². The van der Waals surface area contributed by atoms with Crippen LogP contribution in [-0.4, -0.2) is 28.4 Å². The summed E-state index contributed by atoms with van der Waals surface area (Å²) in [6, 6.07) is 0.0577. The number of hydrogen-bond acceptors (Lipinski definition) is 4. The summed E-state index contributed by atoms with van der Waals surface area (Å²) in [6.07, 6.45) is 0. The molecular formula is C7H13N3O2S. The van der Waals surface area contributed by atoms with Gasteiger partial charge < -0.3 is 5.32 Å². The number of hydrazine groups is 1. The Balaban J connectivity index is 2.42. The first-order valence-electron chi connectivity index (χ1n) is 3.93. The Morgan fingerprint density at radius 3 is 2.38 bits per heavy atom. The number of nitrogens with one attached hydrogen (secondary N) is 2. The van der Waals surface area contributed by atoms with Gasteiger partial charge in [-0.25, -0.2) is 5.84 Å². The zero-order valence-corrected chi connectivity index (χ0v) is 8.40. The molecule has 2 amide bonds. The van der Waals surface area contributed by atoms with E-state index in [2.05, 4.69) is 5.32 Å². The first-order valence-corrected chi connectivity index (χ1v) is 4.91. The third-order valence-corrected chi connectivity index (χ3v) is 3.63. The molecule has 13 heavy (non-hydrogen) atoms. The Morgan fingerprint density at radius 1 is 1.46 bits per heavy atom. The van der Waals surface area contributed by atoms with E-state index in [0.717, 1.165) is 5.75 Å². The normalized spacial score (nSPS) is 24.4. The minimum Gasteiger partial charge on any atom is -0.343 e. The van der Waals surface area contributed by atoms with Crippen molar-refractivity contribution in [1.82, 2.24) is 10.7 Å². The molecule has 0 spiro atoms. The molecule has 0 saturated carbocycles. The van der Waals surface area contributed by atoms with Gasteiger partial charge in [0, 0.05) is 10.5 Å². The lowest BCUT2D eigenvalue weighted by atomic mass is 10.0. The summed E-state index contributed by atoms with van der Waals surface area (Å²) >= 11 is 1.75. The fraction of sp³-hybridized carbons (Fsp3) is 0.714. The molecule has 0 aliphatic carbocycles. The van der Waals surface area contributed by atoms with E-state index in [1.54, 1.807) is 17.2 Å². The van der Waals surface area contributed by atoms with Crippen LogP contribution < -0.4 is 16.6 Å². The van der Waals surface area contributed by atoms with Crippen molar-refractivity contribution < 1.29 is 9.59 Å². The number of rotatable bonds is 1. The lowest BCUT2D eigenvalue weighted by Gasteiger charge is -2.43. The largest absolute Gasteiger partial charge is 0.343 e. The summed E-state index contributed by atoms with van der Waals surface area (Å²) in [5, 5.41) is 2.61. The summed E-state index contributed by atoms with van der Waals surface area (Å²) in [5.74, 6) is 4.19. The van der Waals surface area contributed by atoms with Crippen LogP contribution in [0.5, 0.6) is 0 Å². The molecule has 1 fully saturated rings. The van der Waals surface area contributed by atoms with Gasteiger partial charge in [-0.05, 0) is 13.8 Å². The first-order chi connectivity index (χ1) is 5.97. The highest BCUT2D eigenvalue weighted by molar-refractivity contribution is 8.02.